The molecule has 1 fully saturated rings. The lowest BCUT2D eigenvalue weighted by atomic mass is 10.0. The highest BCUT2D eigenvalue weighted by Gasteiger charge is 2.28. The quantitative estimate of drug-likeness (QED) is 0.134. The van der Waals surface area contributed by atoms with Crippen molar-refractivity contribution in [2.24, 2.45) is 5.92 Å². The Labute approximate surface area is 236 Å². The van der Waals surface area contributed by atoms with E-state index in [1.807, 2.05) is 11.9 Å². The third kappa shape index (κ3) is 20.0. The highest BCUT2D eigenvalue weighted by Crippen LogP contribution is 2.15. The number of hydrogen-bond acceptors (Lipinski definition) is 6. The molecule has 1 aliphatic rings. The number of carbonyl (C=O) groups is 3. The predicted octanol–water partition coefficient (Wildman–Crippen LogP) is 4.89. The molecule has 0 aromatic carbocycles. The molecule has 1 atom stereocenters. The van der Waals surface area contributed by atoms with E-state index in [1.54, 1.807) is 0 Å². The lowest BCUT2D eigenvalue weighted by Crippen LogP contribution is -2.43. The summed E-state index contributed by atoms with van der Waals surface area (Å²) in [6.45, 7) is 6.09. The third-order valence-electron chi connectivity index (χ3n) is 7.30. The van der Waals surface area contributed by atoms with Crippen molar-refractivity contribution in [3.05, 3.63) is 0 Å². The van der Waals surface area contributed by atoms with Gasteiger partial charge in [-0.05, 0) is 13.5 Å². The molecular formula is C30H56FN3O5. The van der Waals surface area contributed by atoms with Crippen LogP contribution in [0.15, 0.2) is 0 Å². The summed E-state index contributed by atoms with van der Waals surface area (Å²) >= 11 is 0. The highest BCUT2D eigenvalue weighted by atomic mass is 19.1. The van der Waals surface area contributed by atoms with E-state index in [1.165, 1.54) is 70.6 Å². The van der Waals surface area contributed by atoms with E-state index in [-0.39, 0.29) is 37.4 Å². The van der Waals surface area contributed by atoms with Crippen LogP contribution in [0.5, 0.6) is 0 Å². The second-order valence-electron chi connectivity index (χ2n) is 10.9. The normalized spacial score (nSPS) is 16.3. The smallest absolute Gasteiger partial charge is 0.303 e. The molecular weight excluding hydrogens is 501 g/mol. The minimum absolute atomic E-state index is 0.0409. The lowest BCUT2D eigenvalue weighted by Gasteiger charge is -2.24. The average molecular weight is 558 g/mol. The van der Waals surface area contributed by atoms with E-state index in [9.17, 15) is 18.8 Å². The van der Waals surface area contributed by atoms with Crippen molar-refractivity contribution < 1.29 is 28.2 Å². The third-order valence-corrected chi connectivity index (χ3v) is 7.30. The van der Waals surface area contributed by atoms with Gasteiger partial charge < -0.3 is 24.6 Å². The fraction of sp³-hybridized carbons (Fsp3) is 0.900. The number of likely N-dealkylation sites (N-methyl/N-ethyl adjacent to an activating group) is 1. The lowest BCUT2D eigenvalue weighted by molar-refractivity contribution is -0.133. The van der Waals surface area contributed by atoms with Gasteiger partial charge in [-0.15, -0.1) is 0 Å². The second-order valence-corrected chi connectivity index (χ2v) is 10.9. The van der Waals surface area contributed by atoms with E-state index in [2.05, 4.69) is 17.1 Å². The van der Waals surface area contributed by atoms with Gasteiger partial charge in [-0.1, -0.05) is 84.0 Å². The molecule has 9 heteroatoms. The standard InChI is InChI=1S/C30H56FN3O5/c1-3-4-5-6-7-8-9-10-11-12-13-14-15-16-29(36)34-20-19-33(2)25-27(26-34)30(37)32-18-22-39-24-23-38-21-17-28(31)35/h27H,3-26H2,1-2H3,(H,32,37). The SMILES string of the molecule is CCCCCCCCCCCCCCCC(=O)N1CCN(C)CC(C(=O)NCCOCCOCCC(=O)F)C1. The highest BCUT2D eigenvalue weighted by molar-refractivity contribution is 5.81. The van der Waals surface area contributed by atoms with Crippen LogP contribution in [-0.2, 0) is 23.9 Å². The summed E-state index contributed by atoms with van der Waals surface area (Å²) in [5.74, 6) is -0.178. The van der Waals surface area contributed by atoms with Crippen LogP contribution in [0.4, 0.5) is 4.39 Å². The zero-order valence-electron chi connectivity index (χ0n) is 24.9. The van der Waals surface area contributed by atoms with Crippen LogP contribution in [0.3, 0.4) is 0 Å². The van der Waals surface area contributed by atoms with Crippen LogP contribution in [0.25, 0.3) is 0 Å². The Morgan fingerprint density at radius 2 is 1.31 bits per heavy atom. The molecule has 0 aromatic heterocycles. The van der Waals surface area contributed by atoms with Gasteiger partial charge in [0.2, 0.25) is 11.8 Å². The fourth-order valence-electron chi connectivity index (χ4n) is 4.88. The molecule has 1 unspecified atom stereocenters. The van der Waals surface area contributed by atoms with Crippen molar-refractivity contribution in [3.8, 4) is 0 Å². The summed E-state index contributed by atoms with van der Waals surface area (Å²) < 4.78 is 22.6. The summed E-state index contributed by atoms with van der Waals surface area (Å²) in [5, 5.41) is 2.91. The summed E-state index contributed by atoms with van der Waals surface area (Å²) in [6.07, 6.45) is 17.0. The van der Waals surface area contributed by atoms with Gasteiger partial charge in [0.15, 0.2) is 0 Å². The zero-order valence-corrected chi connectivity index (χ0v) is 24.9. The summed E-state index contributed by atoms with van der Waals surface area (Å²) in [4.78, 5) is 39.8. The molecule has 1 heterocycles. The number of unbranched alkanes of at least 4 members (excludes halogenated alkanes) is 12. The molecule has 1 rings (SSSR count). The molecule has 2 amide bonds. The van der Waals surface area contributed by atoms with E-state index in [4.69, 9.17) is 9.47 Å². The molecule has 0 radical (unpaired) electrons. The molecule has 39 heavy (non-hydrogen) atoms. The Morgan fingerprint density at radius 1 is 0.744 bits per heavy atom. The summed E-state index contributed by atoms with van der Waals surface area (Å²) in [5.41, 5.74) is 0. The van der Waals surface area contributed by atoms with Crippen molar-refractivity contribution in [2.75, 3.05) is 66.2 Å². The summed E-state index contributed by atoms with van der Waals surface area (Å²) in [7, 11) is 1.99. The first-order valence-corrected chi connectivity index (χ1v) is 15.5. The van der Waals surface area contributed by atoms with Gasteiger partial charge in [-0.2, -0.15) is 4.39 Å². The Kier molecular flexibility index (Phi) is 22.0. The monoisotopic (exact) mass is 557 g/mol. The van der Waals surface area contributed by atoms with Gasteiger partial charge in [0, 0.05) is 39.1 Å². The van der Waals surface area contributed by atoms with Gasteiger partial charge in [0.05, 0.1) is 38.8 Å². The van der Waals surface area contributed by atoms with Gasteiger partial charge in [-0.25, -0.2) is 0 Å². The molecule has 1 N–H and O–H groups in total. The Hall–Kier alpha value is -1.58. The predicted molar refractivity (Wildman–Crippen MR) is 153 cm³/mol. The minimum atomic E-state index is -1.39. The van der Waals surface area contributed by atoms with E-state index in [0.29, 0.717) is 45.8 Å². The number of nitrogens with zero attached hydrogens (tertiary/aromatic N) is 2. The molecule has 0 aliphatic carbocycles. The largest absolute Gasteiger partial charge is 0.378 e. The van der Waals surface area contributed by atoms with Gasteiger partial charge in [0.1, 0.15) is 0 Å². The van der Waals surface area contributed by atoms with Crippen molar-refractivity contribution in [2.45, 2.75) is 103 Å². The Balaban J connectivity index is 2.13. The number of ether oxygens (including phenoxy) is 2. The van der Waals surface area contributed by atoms with Crippen LogP contribution < -0.4 is 5.32 Å². The molecule has 0 aromatic rings. The molecule has 0 spiro atoms. The summed E-state index contributed by atoms with van der Waals surface area (Å²) in [6, 6.07) is -1.39. The minimum Gasteiger partial charge on any atom is -0.378 e. The number of carbonyl (C=O) groups excluding carboxylic acids is 3. The van der Waals surface area contributed by atoms with Crippen LogP contribution in [0.1, 0.15) is 103 Å². The van der Waals surface area contributed by atoms with Crippen molar-refractivity contribution in [1.82, 2.24) is 15.1 Å². The molecule has 8 nitrogen and oxygen atoms in total. The number of nitrogens with one attached hydrogen (secondary N) is 1. The maximum Gasteiger partial charge on any atom is 0.303 e. The average Bonchev–Trinajstić information content (AvgIpc) is 3.11. The Morgan fingerprint density at radius 3 is 1.90 bits per heavy atom. The Bertz CT molecular complexity index is 652. The van der Waals surface area contributed by atoms with E-state index < -0.39 is 6.04 Å². The first-order chi connectivity index (χ1) is 18.9. The van der Waals surface area contributed by atoms with Crippen molar-refractivity contribution >= 4 is 17.9 Å². The maximum absolute atomic E-state index is 12.9. The fourth-order valence-corrected chi connectivity index (χ4v) is 4.88. The van der Waals surface area contributed by atoms with Gasteiger partial charge in [-0.3, -0.25) is 14.4 Å². The molecule has 1 aliphatic heterocycles. The molecule has 1 saturated heterocycles. The number of hydrogen-bond donors (Lipinski definition) is 1. The molecule has 0 saturated carbocycles. The topological polar surface area (TPSA) is 88.2 Å². The van der Waals surface area contributed by atoms with Gasteiger partial charge >= 0.3 is 6.04 Å². The van der Waals surface area contributed by atoms with Crippen LogP contribution >= 0.6 is 0 Å². The van der Waals surface area contributed by atoms with Crippen molar-refractivity contribution in [1.29, 1.82) is 0 Å². The number of amides is 2. The molecule has 228 valence electrons. The maximum atomic E-state index is 12.9. The van der Waals surface area contributed by atoms with Crippen LogP contribution in [-0.4, -0.2) is 93.9 Å². The van der Waals surface area contributed by atoms with Gasteiger partial charge in [0.25, 0.3) is 0 Å². The number of halogens is 1. The van der Waals surface area contributed by atoms with E-state index >= 15 is 0 Å². The second kappa shape index (κ2) is 24.2. The number of rotatable bonds is 24. The van der Waals surface area contributed by atoms with E-state index in [0.717, 1.165) is 19.4 Å². The van der Waals surface area contributed by atoms with Crippen molar-refractivity contribution in [3.63, 3.8) is 0 Å². The first kappa shape index (κ1) is 35.4. The van der Waals surface area contributed by atoms with Crippen LogP contribution in [0.2, 0.25) is 0 Å². The first-order valence-electron chi connectivity index (χ1n) is 15.5. The molecule has 0 bridgehead atoms. The zero-order chi connectivity index (χ0) is 28.6. The van der Waals surface area contributed by atoms with Crippen LogP contribution in [0, 0.1) is 5.92 Å².